The molecular weight excluding hydrogens is 248 g/mol. The number of carboxylic acids is 1. The van der Waals surface area contributed by atoms with Crippen molar-refractivity contribution in [2.45, 2.75) is 51.1 Å². The van der Waals surface area contributed by atoms with Crippen molar-refractivity contribution in [1.29, 1.82) is 0 Å². The van der Waals surface area contributed by atoms with Gasteiger partial charge < -0.3 is 14.9 Å². The van der Waals surface area contributed by atoms with Gasteiger partial charge in [-0.3, -0.25) is 9.59 Å². The second kappa shape index (κ2) is 5.59. The Morgan fingerprint density at radius 1 is 0.947 bits per heavy atom. The molecular formula is C13H20N2O4. The third-order valence-corrected chi connectivity index (χ3v) is 4.01. The Bertz CT molecular complexity index is 396. The Morgan fingerprint density at radius 3 is 2.21 bits per heavy atom. The number of carbonyl (C=O) groups is 3. The largest absolute Gasteiger partial charge is 0.480 e. The van der Waals surface area contributed by atoms with E-state index in [1.54, 1.807) is 4.90 Å². The summed E-state index contributed by atoms with van der Waals surface area (Å²) in [5.41, 5.74) is 0. The first-order chi connectivity index (χ1) is 9.02. The lowest BCUT2D eigenvalue weighted by atomic mass is 10.0. The van der Waals surface area contributed by atoms with Gasteiger partial charge in [0, 0.05) is 20.0 Å². The summed E-state index contributed by atoms with van der Waals surface area (Å²) in [7, 11) is 0. The number of carboxylic acid groups (broad SMARTS) is 1. The van der Waals surface area contributed by atoms with E-state index < -0.39 is 18.1 Å². The molecule has 2 fully saturated rings. The Hall–Kier alpha value is -1.59. The lowest BCUT2D eigenvalue weighted by molar-refractivity contribution is -0.155. The first-order valence-electron chi connectivity index (χ1n) is 6.83. The first kappa shape index (κ1) is 13.8. The fraction of sp³-hybridized carbons (Fsp3) is 0.769. The van der Waals surface area contributed by atoms with Crippen LogP contribution in [0.5, 0.6) is 0 Å². The predicted molar refractivity (Wildman–Crippen MR) is 67.4 cm³/mol. The summed E-state index contributed by atoms with van der Waals surface area (Å²) in [5, 5.41) is 9.20. The molecule has 1 N–H and O–H groups in total. The minimum Gasteiger partial charge on any atom is -0.480 e. The van der Waals surface area contributed by atoms with Crippen LogP contribution in [0.2, 0.25) is 0 Å². The molecule has 2 aliphatic rings. The highest BCUT2D eigenvalue weighted by molar-refractivity contribution is 5.90. The van der Waals surface area contributed by atoms with Gasteiger partial charge in [0.05, 0.1) is 0 Å². The summed E-state index contributed by atoms with van der Waals surface area (Å²) in [6, 6.07) is -1.19. The molecule has 0 bridgehead atoms. The van der Waals surface area contributed by atoms with E-state index in [0.717, 1.165) is 19.3 Å². The van der Waals surface area contributed by atoms with Crippen molar-refractivity contribution in [3.05, 3.63) is 0 Å². The number of nitrogens with zero attached hydrogens (tertiary/aromatic N) is 2. The number of rotatable bonds is 2. The van der Waals surface area contributed by atoms with E-state index in [4.69, 9.17) is 0 Å². The Labute approximate surface area is 112 Å². The van der Waals surface area contributed by atoms with Gasteiger partial charge in [0.1, 0.15) is 12.1 Å². The molecule has 2 saturated heterocycles. The molecule has 6 heteroatoms. The molecule has 6 nitrogen and oxygen atoms in total. The molecule has 0 saturated carbocycles. The molecule has 2 amide bonds. The molecule has 2 atom stereocenters. The van der Waals surface area contributed by atoms with Gasteiger partial charge in [-0.05, 0) is 32.1 Å². The minimum atomic E-state index is -0.944. The number of likely N-dealkylation sites (tertiary alicyclic amines) is 2. The minimum absolute atomic E-state index is 0.111. The van der Waals surface area contributed by atoms with Gasteiger partial charge in [0.25, 0.3) is 0 Å². The van der Waals surface area contributed by atoms with Crippen molar-refractivity contribution in [3.63, 3.8) is 0 Å². The third-order valence-electron chi connectivity index (χ3n) is 4.01. The van der Waals surface area contributed by atoms with Gasteiger partial charge in [-0.1, -0.05) is 0 Å². The van der Waals surface area contributed by atoms with Gasteiger partial charge in [-0.15, -0.1) is 0 Å². The number of aliphatic carboxylic acids is 1. The van der Waals surface area contributed by atoms with Crippen molar-refractivity contribution in [2.75, 3.05) is 13.1 Å². The van der Waals surface area contributed by atoms with Crippen LogP contribution in [0, 0.1) is 0 Å². The number of hydrogen-bond acceptors (Lipinski definition) is 3. The number of carbonyl (C=O) groups excluding carboxylic acids is 2. The zero-order valence-corrected chi connectivity index (χ0v) is 11.2. The quantitative estimate of drug-likeness (QED) is 0.789. The summed E-state index contributed by atoms with van der Waals surface area (Å²) in [4.78, 5) is 38.2. The van der Waals surface area contributed by atoms with Crippen molar-refractivity contribution in [1.82, 2.24) is 9.80 Å². The van der Waals surface area contributed by atoms with Crippen molar-refractivity contribution in [3.8, 4) is 0 Å². The van der Waals surface area contributed by atoms with E-state index in [1.807, 2.05) is 0 Å². The van der Waals surface area contributed by atoms with Gasteiger partial charge in [-0.25, -0.2) is 4.79 Å². The van der Waals surface area contributed by atoms with Gasteiger partial charge in [-0.2, -0.15) is 0 Å². The van der Waals surface area contributed by atoms with Crippen LogP contribution in [0.1, 0.15) is 39.0 Å². The number of piperidine rings is 1. The van der Waals surface area contributed by atoms with Gasteiger partial charge in [0.2, 0.25) is 11.8 Å². The monoisotopic (exact) mass is 268 g/mol. The lowest BCUT2D eigenvalue weighted by Gasteiger charge is -2.36. The molecule has 2 rings (SSSR count). The van der Waals surface area contributed by atoms with Crippen LogP contribution >= 0.6 is 0 Å². The molecule has 2 aliphatic heterocycles. The number of amides is 2. The maximum Gasteiger partial charge on any atom is 0.326 e. The topological polar surface area (TPSA) is 77.9 Å². The van der Waals surface area contributed by atoms with E-state index in [0.29, 0.717) is 25.9 Å². The Balaban J connectivity index is 2.13. The van der Waals surface area contributed by atoms with Gasteiger partial charge in [0.15, 0.2) is 0 Å². The summed E-state index contributed by atoms with van der Waals surface area (Å²) in [6.45, 7) is 2.53. The summed E-state index contributed by atoms with van der Waals surface area (Å²) in [6.07, 6.45) is 3.63. The molecule has 0 spiro atoms. The smallest absolute Gasteiger partial charge is 0.326 e. The summed E-state index contributed by atoms with van der Waals surface area (Å²) >= 11 is 0. The maximum absolute atomic E-state index is 12.5. The second-order valence-corrected chi connectivity index (χ2v) is 5.25. The highest BCUT2D eigenvalue weighted by Gasteiger charge is 2.40. The highest BCUT2D eigenvalue weighted by atomic mass is 16.4. The molecule has 0 aromatic rings. The Morgan fingerprint density at radius 2 is 1.58 bits per heavy atom. The molecule has 19 heavy (non-hydrogen) atoms. The van der Waals surface area contributed by atoms with Crippen LogP contribution < -0.4 is 0 Å². The SMILES string of the molecule is CC(=O)N1CCC[C@@H]1C(=O)N1CCCC[C@@H]1C(=O)O. The van der Waals surface area contributed by atoms with E-state index in [9.17, 15) is 19.5 Å². The molecule has 0 unspecified atom stereocenters. The predicted octanol–water partition coefficient (Wildman–Crippen LogP) is 0.463. The zero-order chi connectivity index (χ0) is 14.0. The van der Waals surface area contributed by atoms with E-state index >= 15 is 0 Å². The lowest BCUT2D eigenvalue weighted by Crippen LogP contribution is -2.54. The molecule has 0 radical (unpaired) electrons. The molecule has 2 heterocycles. The van der Waals surface area contributed by atoms with E-state index in [1.165, 1.54) is 11.8 Å². The van der Waals surface area contributed by atoms with Crippen LogP contribution in [0.3, 0.4) is 0 Å². The van der Waals surface area contributed by atoms with Crippen LogP contribution in [0.15, 0.2) is 0 Å². The summed E-state index contributed by atoms with van der Waals surface area (Å²) < 4.78 is 0. The van der Waals surface area contributed by atoms with Crippen LogP contribution in [-0.4, -0.2) is 57.9 Å². The zero-order valence-electron chi connectivity index (χ0n) is 11.2. The average Bonchev–Trinajstić information content (AvgIpc) is 2.87. The van der Waals surface area contributed by atoms with Crippen LogP contribution in [0.25, 0.3) is 0 Å². The fourth-order valence-electron chi connectivity index (χ4n) is 3.04. The van der Waals surface area contributed by atoms with Crippen LogP contribution in [0.4, 0.5) is 0 Å². The van der Waals surface area contributed by atoms with Crippen molar-refractivity contribution in [2.24, 2.45) is 0 Å². The maximum atomic E-state index is 12.5. The van der Waals surface area contributed by atoms with Gasteiger partial charge >= 0.3 is 5.97 Å². The standard InChI is InChI=1S/C13H20N2O4/c1-9(16)14-8-4-6-10(14)12(17)15-7-3-2-5-11(15)13(18)19/h10-11H,2-8H2,1H3,(H,18,19)/t10-,11-/m1/s1. The first-order valence-corrected chi connectivity index (χ1v) is 6.83. The highest BCUT2D eigenvalue weighted by Crippen LogP contribution is 2.24. The third kappa shape index (κ3) is 2.72. The molecule has 0 aromatic carbocycles. The number of hydrogen-bond donors (Lipinski definition) is 1. The average molecular weight is 268 g/mol. The normalized spacial score (nSPS) is 27.4. The van der Waals surface area contributed by atoms with Crippen molar-refractivity contribution >= 4 is 17.8 Å². The van der Waals surface area contributed by atoms with E-state index in [2.05, 4.69) is 0 Å². The summed E-state index contributed by atoms with van der Waals surface area (Å²) in [5.74, 6) is -1.25. The van der Waals surface area contributed by atoms with E-state index in [-0.39, 0.29) is 11.8 Å². The molecule has 0 aromatic heterocycles. The molecule has 106 valence electrons. The molecule has 0 aliphatic carbocycles. The fourth-order valence-corrected chi connectivity index (χ4v) is 3.04. The van der Waals surface area contributed by atoms with Crippen molar-refractivity contribution < 1.29 is 19.5 Å². The second-order valence-electron chi connectivity index (χ2n) is 5.25. The Kier molecular flexibility index (Phi) is 4.07. The van der Waals surface area contributed by atoms with Crippen LogP contribution in [-0.2, 0) is 14.4 Å².